The summed E-state index contributed by atoms with van der Waals surface area (Å²) in [5.41, 5.74) is 4.05. The highest BCUT2D eigenvalue weighted by Gasteiger charge is 2.27. The molecule has 0 aliphatic rings. The standard InChI is InChI=1S/C28H27Cl2NO5/c1-17(31-26(32)15-22(28(35)36)16-27(33)34)23(13-18-7-12-24(29)25(30)14-18)21-10-8-20(9-11-21)19-5-3-2-4-6-19/h2-12,14,17,22-23H,13,15-16H2,1H3,(H,31,32)(H,33,34)(H,35,36)/t17-,22?,23+/m0/s1. The highest BCUT2D eigenvalue weighted by Crippen LogP contribution is 2.30. The Morgan fingerprint density at radius 2 is 1.47 bits per heavy atom. The van der Waals surface area contributed by atoms with Gasteiger partial charge >= 0.3 is 11.9 Å². The van der Waals surface area contributed by atoms with E-state index in [0.29, 0.717) is 16.5 Å². The Bertz CT molecular complexity index is 1210. The average Bonchev–Trinajstić information content (AvgIpc) is 2.84. The first-order valence-corrected chi connectivity index (χ1v) is 12.2. The van der Waals surface area contributed by atoms with Crippen LogP contribution in [0.15, 0.2) is 72.8 Å². The van der Waals surface area contributed by atoms with Gasteiger partial charge in [-0.1, -0.05) is 83.9 Å². The van der Waals surface area contributed by atoms with E-state index in [1.54, 1.807) is 12.1 Å². The number of carbonyl (C=O) groups excluding carboxylic acids is 1. The van der Waals surface area contributed by atoms with Gasteiger partial charge in [0.1, 0.15) is 0 Å². The number of rotatable bonds is 11. The van der Waals surface area contributed by atoms with Gasteiger partial charge in [-0.3, -0.25) is 14.4 Å². The maximum Gasteiger partial charge on any atom is 0.307 e. The molecular formula is C28H27Cl2NO5. The van der Waals surface area contributed by atoms with Crippen molar-refractivity contribution in [3.05, 3.63) is 94.0 Å². The van der Waals surface area contributed by atoms with E-state index < -0.39 is 36.6 Å². The van der Waals surface area contributed by atoms with Crippen LogP contribution in [0.25, 0.3) is 11.1 Å². The van der Waals surface area contributed by atoms with Crippen LogP contribution >= 0.6 is 23.2 Å². The van der Waals surface area contributed by atoms with E-state index in [9.17, 15) is 19.5 Å². The Hall–Kier alpha value is -3.35. The zero-order valence-electron chi connectivity index (χ0n) is 19.7. The third-order valence-corrected chi connectivity index (χ3v) is 6.82. The van der Waals surface area contributed by atoms with E-state index in [2.05, 4.69) is 5.32 Å². The van der Waals surface area contributed by atoms with Crippen molar-refractivity contribution < 1.29 is 24.6 Å². The van der Waals surface area contributed by atoms with Gasteiger partial charge in [0.2, 0.25) is 5.91 Å². The zero-order chi connectivity index (χ0) is 26.2. The second-order valence-corrected chi connectivity index (χ2v) is 9.55. The molecule has 1 amide bonds. The Labute approximate surface area is 219 Å². The normalized spacial score (nSPS) is 13.4. The number of nitrogens with one attached hydrogen (secondary N) is 1. The van der Waals surface area contributed by atoms with Crippen molar-refractivity contribution in [1.29, 1.82) is 0 Å². The fourth-order valence-corrected chi connectivity index (χ4v) is 4.47. The third kappa shape index (κ3) is 7.57. The first-order valence-electron chi connectivity index (χ1n) is 11.5. The molecule has 6 nitrogen and oxygen atoms in total. The Kier molecular flexibility index (Phi) is 9.51. The van der Waals surface area contributed by atoms with Crippen molar-refractivity contribution in [2.45, 2.75) is 38.1 Å². The number of benzene rings is 3. The predicted octanol–water partition coefficient (Wildman–Crippen LogP) is 6.06. The van der Waals surface area contributed by atoms with E-state index in [-0.39, 0.29) is 12.0 Å². The highest BCUT2D eigenvalue weighted by molar-refractivity contribution is 6.42. The van der Waals surface area contributed by atoms with Gasteiger partial charge in [-0.05, 0) is 47.7 Å². The molecule has 3 N–H and O–H groups in total. The van der Waals surface area contributed by atoms with E-state index in [0.717, 1.165) is 22.3 Å². The van der Waals surface area contributed by atoms with Crippen LogP contribution in [0.5, 0.6) is 0 Å². The molecule has 0 radical (unpaired) electrons. The lowest BCUT2D eigenvalue weighted by Crippen LogP contribution is -2.39. The van der Waals surface area contributed by atoms with Crippen LogP contribution in [0, 0.1) is 5.92 Å². The number of hydrogen-bond donors (Lipinski definition) is 3. The van der Waals surface area contributed by atoms with Gasteiger partial charge in [-0.25, -0.2) is 0 Å². The summed E-state index contributed by atoms with van der Waals surface area (Å²) in [6.07, 6.45) is -0.496. The first-order chi connectivity index (χ1) is 17.1. The number of aliphatic carboxylic acids is 2. The van der Waals surface area contributed by atoms with Crippen LogP contribution in [0.3, 0.4) is 0 Å². The molecule has 3 aromatic carbocycles. The molecule has 0 aromatic heterocycles. The van der Waals surface area contributed by atoms with E-state index in [1.807, 2.05) is 67.6 Å². The molecule has 0 saturated carbocycles. The lowest BCUT2D eigenvalue weighted by molar-refractivity contribution is -0.149. The second kappa shape index (κ2) is 12.6. The van der Waals surface area contributed by atoms with Crippen molar-refractivity contribution in [3.63, 3.8) is 0 Å². The molecule has 0 spiro atoms. The van der Waals surface area contributed by atoms with Crippen LogP contribution in [0.1, 0.15) is 36.8 Å². The van der Waals surface area contributed by atoms with E-state index in [1.165, 1.54) is 0 Å². The molecule has 36 heavy (non-hydrogen) atoms. The Balaban J connectivity index is 1.84. The summed E-state index contributed by atoms with van der Waals surface area (Å²) in [5, 5.41) is 22.0. The summed E-state index contributed by atoms with van der Waals surface area (Å²) in [5.74, 6) is -4.56. The minimum atomic E-state index is -1.32. The van der Waals surface area contributed by atoms with Crippen LogP contribution < -0.4 is 5.32 Å². The lowest BCUT2D eigenvalue weighted by atomic mass is 9.85. The van der Waals surface area contributed by atoms with Gasteiger partial charge in [0.25, 0.3) is 0 Å². The topological polar surface area (TPSA) is 104 Å². The molecule has 0 heterocycles. The van der Waals surface area contributed by atoms with Crippen molar-refractivity contribution in [1.82, 2.24) is 5.32 Å². The Morgan fingerprint density at radius 3 is 2.06 bits per heavy atom. The fourth-order valence-electron chi connectivity index (χ4n) is 4.15. The molecule has 3 rings (SSSR count). The summed E-state index contributed by atoms with van der Waals surface area (Å²) < 4.78 is 0. The van der Waals surface area contributed by atoms with Crippen molar-refractivity contribution in [3.8, 4) is 11.1 Å². The number of carbonyl (C=O) groups is 3. The minimum absolute atomic E-state index is 0.168. The molecule has 0 bridgehead atoms. The van der Waals surface area contributed by atoms with E-state index >= 15 is 0 Å². The number of carboxylic acid groups (broad SMARTS) is 2. The molecule has 1 unspecified atom stereocenters. The lowest BCUT2D eigenvalue weighted by Gasteiger charge is -2.26. The van der Waals surface area contributed by atoms with Crippen molar-refractivity contribution in [2.75, 3.05) is 0 Å². The maximum absolute atomic E-state index is 12.7. The fraction of sp³-hybridized carbons (Fsp3) is 0.250. The predicted molar refractivity (Wildman–Crippen MR) is 140 cm³/mol. The van der Waals surface area contributed by atoms with E-state index in [4.69, 9.17) is 28.3 Å². The van der Waals surface area contributed by atoms with Gasteiger partial charge in [-0.15, -0.1) is 0 Å². The van der Waals surface area contributed by atoms with Crippen LogP contribution in [-0.4, -0.2) is 34.1 Å². The number of halogens is 2. The average molecular weight is 528 g/mol. The number of carboxylic acids is 2. The molecule has 0 aliphatic carbocycles. The smallest absolute Gasteiger partial charge is 0.307 e. The molecule has 0 saturated heterocycles. The first kappa shape index (κ1) is 27.2. The van der Waals surface area contributed by atoms with Gasteiger partial charge in [-0.2, -0.15) is 0 Å². The Morgan fingerprint density at radius 1 is 0.833 bits per heavy atom. The summed E-state index contributed by atoms with van der Waals surface area (Å²) in [7, 11) is 0. The number of hydrogen-bond acceptors (Lipinski definition) is 3. The summed E-state index contributed by atoms with van der Waals surface area (Å²) in [6, 6.07) is 23.0. The van der Waals surface area contributed by atoms with Gasteiger partial charge in [0.15, 0.2) is 0 Å². The van der Waals surface area contributed by atoms with Crippen LogP contribution in [0.4, 0.5) is 0 Å². The minimum Gasteiger partial charge on any atom is -0.481 e. The second-order valence-electron chi connectivity index (χ2n) is 8.74. The molecule has 3 atom stereocenters. The molecule has 8 heteroatoms. The van der Waals surface area contributed by atoms with Gasteiger partial charge < -0.3 is 15.5 Å². The molecule has 0 aliphatic heterocycles. The summed E-state index contributed by atoms with van der Waals surface area (Å²) in [4.78, 5) is 35.0. The summed E-state index contributed by atoms with van der Waals surface area (Å²) in [6.45, 7) is 1.85. The van der Waals surface area contributed by atoms with Gasteiger partial charge in [0, 0.05) is 18.4 Å². The maximum atomic E-state index is 12.7. The summed E-state index contributed by atoms with van der Waals surface area (Å²) >= 11 is 12.3. The molecular weight excluding hydrogens is 501 g/mol. The third-order valence-electron chi connectivity index (χ3n) is 6.08. The molecule has 188 valence electrons. The molecule has 3 aromatic rings. The van der Waals surface area contributed by atoms with Crippen molar-refractivity contribution >= 4 is 41.0 Å². The number of amides is 1. The van der Waals surface area contributed by atoms with Crippen molar-refractivity contribution in [2.24, 2.45) is 5.92 Å². The van der Waals surface area contributed by atoms with Gasteiger partial charge in [0.05, 0.1) is 22.4 Å². The quantitative estimate of drug-likeness (QED) is 0.281. The highest BCUT2D eigenvalue weighted by atomic mass is 35.5. The largest absolute Gasteiger partial charge is 0.481 e. The van der Waals surface area contributed by atoms with Crippen LogP contribution in [-0.2, 0) is 20.8 Å². The molecule has 0 fully saturated rings. The van der Waals surface area contributed by atoms with Crippen LogP contribution in [0.2, 0.25) is 10.0 Å². The zero-order valence-corrected chi connectivity index (χ0v) is 21.2. The monoisotopic (exact) mass is 527 g/mol. The SMILES string of the molecule is C[C@H](NC(=O)CC(CC(=O)O)C(=O)O)[C@@H](Cc1ccc(Cl)c(Cl)c1)c1ccc(-c2ccccc2)cc1.